The van der Waals surface area contributed by atoms with E-state index in [1.54, 1.807) is 12.1 Å². The third-order valence-electron chi connectivity index (χ3n) is 4.54. The summed E-state index contributed by atoms with van der Waals surface area (Å²) in [6.07, 6.45) is 0.594. The van der Waals surface area contributed by atoms with Crippen LogP contribution < -0.4 is 4.72 Å². The molecule has 0 aliphatic rings. The lowest BCUT2D eigenvalue weighted by molar-refractivity contribution is 0.581. The van der Waals surface area contributed by atoms with Gasteiger partial charge in [-0.3, -0.25) is 0 Å². The maximum absolute atomic E-state index is 12.5. The molecule has 0 amide bonds. The molecule has 3 rings (SSSR count). The normalized spacial score (nSPS) is 12.0. The van der Waals surface area contributed by atoms with Crippen LogP contribution in [-0.4, -0.2) is 19.9 Å². The van der Waals surface area contributed by atoms with Crippen LogP contribution in [0.5, 0.6) is 0 Å². The molecule has 0 atom stereocenters. The fraction of sp³-hybridized carbons (Fsp3) is 0.263. The summed E-state index contributed by atoms with van der Waals surface area (Å²) in [5.74, 6) is 0. The Hall–Kier alpha value is -1.82. The Balaban J connectivity index is 1.77. The van der Waals surface area contributed by atoms with Crippen molar-refractivity contribution in [1.82, 2.24) is 9.71 Å². The fourth-order valence-corrected chi connectivity index (χ4v) is 4.24. The molecule has 0 saturated carbocycles. The summed E-state index contributed by atoms with van der Waals surface area (Å²) >= 11 is 6.09. The quantitative estimate of drug-likeness (QED) is 0.698. The molecule has 0 bridgehead atoms. The standard InChI is InChI=1S/C19H21ClN2O2S/c1-12-4-6-16(10-13(12)2)25(23,24)21-9-8-17-14(3)22-19-7-5-15(20)11-18(17)19/h4-7,10-11,21-22H,8-9H2,1-3H3. The molecule has 2 aromatic carbocycles. The molecule has 3 aromatic rings. The number of H-pyrrole nitrogens is 1. The number of aryl methyl sites for hydroxylation is 3. The van der Waals surface area contributed by atoms with Gasteiger partial charge in [0.05, 0.1) is 4.90 Å². The second kappa shape index (κ2) is 6.83. The summed E-state index contributed by atoms with van der Waals surface area (Å²) in [6, 6.07) is 10.9. The molecule has 6 heteroatoms. The predicted octanol–water partition coefficient (Wildman–Crippen LogP) is 4.27. The van der Waals surface area contributed by atoms with Gasteiger partial charge in [-0.15, -0.1) is 0 Å². The van der Waals surface area contributed by atoms with Crippen LogP contribution in [0.1, 0.15) is 22.4 Å². The average molecular weight is 377 g/mol. The van der Waals surface area contributed by atoms with E-state index in [0.29, 0.717) is 22.9 Å². The fourth-order valence-electron chi connectivity index (χ4n) is 2.95. The van der Waals surface area contributed by atoms with Crippen molar-refractivity contribution in [3.63, 3.8) is 0 Å². The Morgan fingerprint density at radius 2 is 1.80 bits per heavy atom. The van der Waals surface area contributed by atoms with E-state index in [4.69, 9.17) is 11.6 Å². The molecular formula is C19H21ClN2O2S. The number of benzene rings is 2. The van der Waals surface area contributed by atoms with Crippen LogP contribution in [0.25, 0.3) is 10.9 Å². The minimum atomic E-state index is -3.51. The van der Waals surface area contributed by atoms with Crippen LogP contribution in [0.15, 0.2) is 41.3 Å². The molecule has 1 heterocycles. The SMILES string of the molecule is Cc1ccc(S(=O)(=O)NCCc2c(C)[nH]c3ccc(Cl)cc23)cc1C. The number of nitrogens with one attached hydrogen (secondary N) is 2. The Labute approximate surface area is 153 Å². The van der Waals surface area contributed by atoms with Gasteiger partial charge in [-0.05, 0) is 74.2 Å². The van der Waals surface area contributed by atoms with E-state index in [1.807, 2.05) is 45.0 Å². The molecule has 0 aliphatic heterocycles. The number of fused-ring (bicyclic) bond motifs is 1. The molecule has 132 valence electrons. The van der Waals surface area contributed by atoms with Crippen LogP contribution in [0.3, 0.4) is 0 Å². The van der Waals surface area contributed by atoms with Gasteiger partial charge in [0.2, 0.25) is 10.0 Å². The highest BCUT2D eigenvalue weighted by Crippen LogP contribution is 2.25. The third kappa shape index (κ3) is 3.73. The molecule has 0 radical (unpaired) electrons. The van der Waals surface area contributed by atoms with Crippen molar-refractivity contribution in [2.24, 2.45) is 0 Å². The lowest BCUT2D eigenvalue weighted by Crippen LogP contribution is -2.26. The van der Waals surface area contributed by atoms with Crippen LogP contribution in [0.2, 0.25) is 5.02 Å². The summed E-state index contributed by atoms with van der Waals surface area (Å²) in [4.78, 5) is 3.61. The number of rotatable bonds is 5. The van der Waals surface area contributed by atoms with E-state index >= 15 is 0 Å². The number of hydrogen-bond acceptors (Lipinski definition) is 2. The molecule has 0 fully saturated rings. The summed E-state index contributed by atoms with van der Waals surface area (Å²) in [7, 11) is -3.51. The topological polar surface area (TPSA) is 62.0 Å². The Kier molecular flexibility index (Phi) is 4.91. The lowest BCUT2D eigenvalue weighted by Gasteiger charge is -2.09. The number of halogens is 1. The van der Waals surface area contributed by atoms with E-state index in [1.165, 1.54) is 0 Å². The van der Waals surface area contributed by atoms with Gasteiger partial charge in [-0.2, -0.15) is 0 Å². The van der Waals surface area contributed by atoms with Crippen LogP contribution in [0.4, 0.5) is 0 Å². The zero-order valence-electron chi connectivity index (χ0n) is 14.5. The van der Waals surface area contributed by atoms with Crippen LogP contribution in [0, 0.1) is 20.8 Å². The van der Waals surface area contributed by atoms with Crippen molar-refractivity contribution < 1.29 is 8.42 Å². The Bertz CT molecular complexity index is 1040. The lowest BCUT2D eigenvalue weighted by atomic mass is 10.1. The maximum atomic E-state index is 12.5. The van der Waals surface area contributed by atoms with Crippen molar-refractivity contribution in [3.05, 3.63) is 63.8 Å². The smallest absolute Gasteiger partial charge is 0.240 e. The van der Waals surface area contributed by atoms with Crippen molar-refractivity contribution in [2.75, 3.05) is 6.54 Å². The second-order valence-electron chi connectivity index (χ2n) is 6.31. The highest BCUT2D eigenvalue weighted by molar-refractivity contribution is 7.89. The first-order chi connectivity index (χ1) is 11.8. The van der Waals surface area contributed by atoms with Gasteiger partial charge in [0.15, 0.2) is 0 Å². The molecule has 2 N–H and O–H groups in total. The Morgan fingerprint density at radius 1 is 1.04 bits per heavy atom. The summed E-state index contributed by atoms with van der Waals surface area (Å²) in [6.45, 7) is 6.19. The zero-order valence-corrected chi connectivity index (χ0v) is 16.1. The summed E-state index contributed by atoms with van der Waals surface area (Å²) < 4.78 is 27.7. The van der Waals surface area contributed by atoms with Crippen LogP contribution >= 0.6 is 11.6 Å². The average Bonchev–Trinajstić information content (AvgIpc) is 2.85. The third-order valence-corrected chi connectivity index (χ3v) is 6.23. The zero-order chi connectivity index (χ0) is 18.2. The predicted molar refractivity (Wildman–Crippen MR) is 103 cm³/mol. The summed E-state index contributed by atoms with van der Waals surface area (Å²) in [5.41, 5.74) is 5.16. The summed E-state index contributed by atoms with van der Waals surface area (Å²) in [5, 5.41) is 1.71. The molecule has 0 aliphatic carbocycles. The van der Waals surface area contributed by atoms with Crippen molar-refractivity contribution in [2.45, 2.75) is 32.1 Å². The van der Waals surface area contributed by atoms with E-state index in [9.17, 15) is 8.42 Å². The number of hydrogen-bond donors (Lipinski definition) is 2. The molecule has 0 saturated heterocycles. The minimum Gasteiger partial charge on any atom is -0.358 e. The first-order valence-electron chi connectivity index (χ1n) is 8.11. The molecule has 0 spiro atoms. The molecular weight excluding hydrogens is 356 g/mol. The molecule has 4 nitrogen and oxygen atoms in total. The van der Waals surface area contributed by atoms with Gasteiger partial charge in [-0.25, -0.2) is 13.1 Å². The largest absolute Gasteiger partial charge is 0.358 e. The maximum Gasteiger partial charge on any atom is 0.240 e. The Morgan fingerprint density at radius 3 is 2.52 bits per heavy atom. The highest BCUT2D eigenvalue weighted by atomic mass is 35.5. The van der Waals surface area contributed by atoms with Gasteiger partial charge in [0, 0.05) is 28.2 Å². The van der Waals surface area contributed by atoms with Gasteiger partial charge >= 0.3 is 0 Å². The number of sulfonamides is 1. The first kappa shape index (κ1) is 18.0. The van der Waals surface area contributed by atoms with E-state index in [2.05, 4.69) is 9.71 Å². The van der Waals surface area contributed by atoms with Gasteiger partial charge in [0.25, 0.3) is 0 Å². The van der Waals surface area contributed by atoms with Gasteiger partial charge in [-0.1, -0.05) is 17.7 Å². The minimum absolute atomic E-state index is 0.300. The van der Waals surface area contributed by atoms with Crippen molar-refractivity contribution >= 4 is 32.5 Å². The number of aromatic amines is 1. The van der Waals surface area contributed by atoms with Crippen molar-refractivity contribution in [1.29, 1.82) is 0 Å². The van der Waals surface area contributed by atoms with Gasteiger partial charge in [0.1, 0.15) is 0 Å². The van der Waals surface area contributed by atoms with Crippen LogP contribution in [-0.2, 0) is 16.4 Å². The molecule has 25 heavy (non-hydrogen) atoms. The van der Waals surface area contributed by atoms with E-state index in [-0.39, 0.29) is 0 Å². The van der Waals surface area contributed by atoms with Gasteiger partial charge < -0.3 is 4.98 Å². The number of aromatic nitrogens is 1. The second-order valence-corrected chi connectivity index (χ2v) is 8.52. The van der Waals surface area contributed by atoms with E-state index in [0.717, 1.165) is 33.3 Å². The van der Waals surface area contributed by atoms with Crippen molar-refractivity contribution in [3.8, 4) is 0 Å². The monoisotopic (exact) mass is 376 g/mol. The van der Waals surface area contributed by atoms with E-state index < -0.39 is 10.0 Å². The molecule has 1 aromatic heterocycles. The molecule has 0 unspecified atom stereocenters. The first-order valence-corrected chi connectivity index (χ1v) is 9.97. The highest BCUT2D eigenvalue weighted by Gasteiger charge is 2.15.